The summed E-state index contributed by atoms with van der Waals surface area (Å²) in [7, 11) is 0. The van der Waals surface area contributed by atoms with Crippen molar-refractivity contribution in [1.82, 2.24) is 0 Å². The molecule has 0 radical (unpaired) electrons. The molecule has 0 bridgehead atoms. The quantitative estimate of drug-likeness (QED) is 0.900. The molecule has 0 spiro atoms. The van der Waals surface area contributed by atoms with Gasteiger partial charge in [0.15, 0.2) is 0 Å². The Balaban J connectivity index is 2.36. The Morgan fingerprint density at radius 2 is 1.89 bits per heavy atom. The van der Waals surface area contributed by atoms with Crippen LogP contribution in [0.4, 0.5) is 4.39 Å². The van der Waals surface area contributed by atoms with E-state index in [4.69, 9.17) is 17.3 Å². The summed E-state index contributed by atoms with van der Waals surface area (Å²) in [5.74, 6) is -0.211. The van der Waals surface area contributed by atoms with Gasteiger partial charge in [-0.1, -0.05) is 48.9 Å². The number of hydrogen-bond acceptors (Lipinski definition) is 1. The van der Waals surface area contributed by atoms with Crippen LogP contribution in [0.1, 0.15) is 18.1 Å². The number of nitrogens with two attached hydrogens (primary N) is 1. The first-order valence-electron chi connectivity index (χ1n) is 6.25. The van der Waals surface area contributed by atoms with Crippen molar-refractivity contribution in [2.45, 2.75) is 18.8 Å². The van der Waals surface area contributed by atoms with E-state index in [1.54, 1.807) is 12.1 Å². The highest BCUT2D eigenvalue weighted by atomic mass is 35.5. The third-order valence-electron chi connectivity index (χ3n) is 3.46. The molecule has 0 saturated heterocycles. The summed E-state index contributed by atoms with van der Waals surface area (Å²) in [6, 6.07) is 14.4. The van der Waals surface area contributed by atoms with E-state index in [0.29, 0.717) is 23.6 Å². The zero-order valence-corrected chi connectivity index (χ0v) is 11.6. The van der Waals surface area contributed by atoms with Crippen LogP contribution in [-0.4, -0.2) is 6.54 Å². The molecule has 19 heavy (non-hydrogen) atoms. The van der Waals surface area contributed by atoms with Crippen molar-refractivity contribution in [1.29, 1.82) is 0 Å². The number of halogens is 2. The van der Waals surface area contributed by atoms with Gasteiger partial charge in [0, 0.05) is 17.0 Å². The van der Waals surface area contributed by atoms with Gasteiger partial charge in [-0.3, -0.25) is 0 Å². The molecule has 100 valence electrons. The summed E-state index contributed by atoms with van der Waals surface area (Å²) < 4.78 is 14.0. The lowest BCUT2D eigenvalue weighted by Gasteiger charge is -2.29. The fourth-order valence-electron chi connectivity index (χ4n) is 2.33. The fraction of sp³-hybridized carbons (Fsp3) is 0.250. The van der Waals surface area contributed by atoms with E-state index in [0.717, 1.165) is 5.56 Å². The smallest absolute Gasteiger partial charge is 0.127 e. The summed E-state index contributed by atoms with van der Waals surface area (Å²) in [5, 5.41) is 0.686. The summed E-state index contributed by atoms with van der Waals surface area (Å²) in [4.78, 5) is 0. The fourth-order valence-corrected chi connectivity index (χ4v) is 2.54. The van der Waals surface area contributed by atoms with Gasteiger partial charge in [0.25, 0.3) is 0 Å². The Morgan fingerprint density at radius 3 is 2.53 bits per heavy atom. The van der Waals surface area contributed by atoms with Gasteiger partial charge < -0.3 is 5.73 Å². The Labute approximate surface area is 118 Å². The minimum absolute atomic E-state index is 0.211. The predicted molar refractivity (Wildman–Crippen MR) is 78.0 cm³/mol. The Kier molecular flexibility index (Phi) is 4.23. The molecule has 3 heteroatoms. The Bertz CT molecular complexity index is 570. The second kappa shape index (κ2) is 5.72. The maximum Gasteiger partial charge on any atom is 0.127 e. The third-order valence-corrected chi connectivity index (χ3v) is 3.69. The lowest BCUT2D eigenvalue weighted by atomic mass is 9.77. The SMILES string of the molecule is CC(CN)(Cc1cccc(Cl)c1)c1ccccc1F. The van der Waals surface area contributed by atoms with Crippen molar-refractivity contribution in [2.24, 2.45) is 5.73 Å². The minimum Gasteiger partial charge on any atom is -0.330 e. The predicted octanol–water partition coefficient (Wildman–Crippen LogP) is 3.94. The van der Waals surface area contributed by atoms with E-state index >= 15 is 0 Å². The topological polar surface area (TPSA) is 26.0 Å². The summed E-state index contributed by atoms with van der Waals surface area (Å²) in [6.07, 6.45) is 0.658. The van der Waals surface area contributed by atoms with Crippen LogP contribution in [0.15, 0.2) is 48.5 Å². The molecule has 0 aliphatic rings. The van der Waals surface area contributed by atoms with E-state index in [1.165, 1.54) is 6.07 Å². The molecule has 1 nitrogen and oxygen atoms in total. The van der Waals surface area contributed by atoms with Crippen molar-refractivity contribution in [3.8, 4) is 0 Å². The van der Waals surface area contributed by atoms with Crippen LogP contribution in [0.3, 0.4) is 0 Å². The standard InChI is InChI=1S/C16H17ClFN/c1-16(11-19,14-7-2-3-8-15(14)18)10-12-5-4-6-13(17)9-12/h2-9H,10-11,19H2,1H3. The molecule has 2 aromatic rings. The third kappa shape index (κ3) is 3.14. The van der Waals surface area contributed by atoms with Gasteiger partial charge in [-0.15, -0.1) is 0 Å². The van der Waals surface area contributed by atoms with Gasteiger partial charge in [-0.25, -0.2) is 4.39 Å². The number of rotatable bonds is 4. The van der Waals surface area contributed by atoms with Gasteiger partial charge in [0.2, 0.25) is 0 Å². The highest BCUT2D eigenvalue weighted by Gasteiger charge is 2.28. The van der Waals surface area contributed by atoms with Gasteiger partial charge >= 0.3 is 0 Å². The van der Waals surface area contributed by atoms with E-state index in [1.807, 2.05) is 37.3 Å². The highest BCUT2D eigenvalue weighted by Crippen LogP contribution is 2.29. The summed E-state index contributed by atoms with van der Waals surface area (Å²) in [5.41, 5.74) is 7.17. The molecular formula is C16H17ClFN. The van der Waals surface area contributed by atoms with Gasteiger partial charge in [0.05, 0.1) is 0 Å². The molecule has 1 atom stereocenters. The van der Waals surface area contributed by atoms with E-state index < -0.39 is 5.41 Å². The second-order valence-corrected chi connectivity index (χ2v) is 5.49. The van der Waals surface area contributed by atoms with E-state index in [-0.39, 0.29) is 5.82 Å². The van der Waals surface area contributed by atoms with Gasteiger partial charge in [-0.05, 0) is 35.7 Å². The molecule has 0 aliphatic heterocycles. The zero-order chi connectivity index (χ0) is 13.9. The average molecular weight is 278 g/mol. The number of hydrogen-bond donors (Lipinski definition) is 1. The number of benzene rings is 2. The van der Waals surface area contributed by atoms with Crippen LogP contribution in [0, 0.1) is 5.82 Å². The second-order valence-electron chi connectivity index (χ2n) is 5.05. The molecule has 2 aromatic carbocycles. The first kappa shape index (κ1) is 14.0. The van der Waals surface area contributed by atoms with Gasteiger partial charge in [-0.2, -0.15) is 0 Å². The molecule has 2 N–H and O–H groups in total. The van der Waals surface area contributed by atoms with E-state index in [2.05, 4.69) is 0 Å². The van der Waals surface area contributed by atoms with Crippen molar-refractivity contribution in [3.63, 3.8) is 0 Å². The molecule has 0 amide bonds. The first-order valence-corrected chi connectivity index (χ1v) is 6.62. The summed E-state index contributed by atoms with van der Waals surface area (Å²) in [6.45, 7) is 2.35. The Morgan fingerprint density at radius 1 is 1.16 bits per heavy atom. The maximum atomic E-state index is 14.0. The minimum atomic E-state index is -0.434. The zero-order valence-electron chi connectivity index (χ0n) is 10.9. The lowest BCUT2D eigenvalue weighted by Crippen LogP contribution is -2.35. The van der Waals surface area contributed by atoms with Crippen LogP contribution in [-0.2, 0) is 11.8 Å². The summed E-state index contributed by atoms with van der Waals surface area (Å²) >= 11 is 5.99. The van der Waals surface area contributed by atoms with Crippen LogP contribution in [0.5, 0.6) is 0 Å². The van der Waals surface area contributed by atoms with Crippen LogP contribution in [0.25, 0.3) is 0 Å². The Hall–Kier alpha value is -1.38. The molecule has 0 heterocycles. The molecule has 0 aromatic heterocycles. The highest BCUT2D eigenvalue weighted by molar-refractivity contribution is 6.30. The van der Waals surface area contributed by atoms with Crippen LogP contribution in [0.2, 0.25) is 5.02 Å². The molecule has 1 unspecified atom stereocenters. The first-order chi connectivity index (χ1) is 9.05. The molecule has 0 fully saturated rings. The van der Waals surface area contributed by atoms with Crippen molar-refractivity contribution in [2.75, 3.05) is 6.54 Å². The molecule has 0 aliphatic carbocycles. The molecule has 0 saturated carbocycles. The maximum absolute atomic E-state index is 14.0. The van der Waals surface area contributed by atoms with Crippen LogP contribution < -0.4 is 5.73 Å². The van der Waals surface area contributed by atoms with Crippen molar-refractivity contribution >= 4 is 11.6 Å². The van der Waals surface area contributed by atoms with E-state index in [9.17, 15) is 4.39 Å². The average Bonchev–Trinajstić information content (AvgIpc) is 2.39. The van der Waals surface area contributed by atoms with Gasteiger partial charge in [0.1, 0.15) is 5.82 Å². The molecule has 2 rings (SSSR count). The normalized spacial score (nSPS) is 14.1. The van der Waals surface area contributed by atoms with Crippen molar-refractivity contribution in [3.05, 3.63) is 70.5 Å². The van der Waals surface area contributed by atoms with Crippen LogP contribution >= 0.6 is 11.6 Å². The van der Waals surface area contributed by atoms with Crippen molar-refractivity contribution < 1.29 is 4.39 Å². The molecular weight excluding hydrogens is 261 g/mol. The monoisotopic (exact) mass is 277 g/mol. The lowest BCUT2D eigenvalue weighted by molar-refractivity contribution is 0.450. The largest absolute Gasteiger partial charge is 0.330 e.